The van der Waals surface area contributed by atoms with Crippen LogP contribution in [0.25, 0.3) is 11.0 Å². The molecule has 0 saturated heterocycles. The molecule has 2 amide bonds. The second-order valence-corrected chi connectivity index (χ2v) is 9.69. The summed E-state index contributed by atoms with van der Waals surface area (Å²) in [4.78, 5) is 29.7. The summed E-state index contributed by atoms with van der Waals surface area (Å²) >= 11 is 0. The molecular weight excluding hydrogens is 498 g/mol. The van der Waals surface area contributed by atoms with Crippen LogP contribution in [-0.2, 0) is 22.7 Å². The molecule has 10 nitrogen and oxygen atoms in total. The second kappa shape index (κ2) is 12.0. The molecule has 1 aliphatic rings. The van der Waals surface area contributed by atoms with E-state index < -0.39 is 6.04 Å². The van der Waals surface area contributed by atoms with E-state index in [1.807, 2.05) is 24.3 Å². The molecule has 1 aliphatic carbocycles. The highest BCUT2D eigenvalue weighted by atomic mass is 16.5. The normalized spacial score (nSPS) is 14.6. The third-order valence-electron chi connectivity index (χ3n) is 7.18. The van der Waals surface area contributed by atoms with Gasteiger partial charge in [0.05, 0.1) is 32.5 Å². The zero-order valence-electron chi connectivity index (χ0n) is 22.2. The number of amides is 2. The number of hydrogen-bond donors (Lipinski definition) is 1. The number of para-hydroxylation sites is 1. The summed E-state index contributed by atoms with van der Waals surface area (Å²) in [5.41, 5.74) is 1.97. The fourth-order valence-corrected chi connectivity index (χ4v) is 5.17. The first-order valence-electron chi connectivity index (χ1n) is 13.2. The molecule has 1 fully saturated rings. The van der Waals surface area contributed by atoms with Crippen LogP contribution in [0, 0.1) is 0 Å². The van der Waals surface area contributed by atoms with Crippen LogP contribution in [0.15, 0.2) is 65.3 Å². The molecule has 10 heteroatoms. The quantitative estimate of drug-likeness (QED) is 0.325. The van der Waals surface area contributed by atoms with E-state index in [1.54, 1.807) is 48.4 Å². The highest BCUT2D eigenvalue weighted by Gasteiger charge is 2.36. The third kappa shape index (κ3) is 5.89. The Hall–Kier alpha value is -4.34. The van der Waals surface area contributed by atoms with Crippen LogP contribution in [0.1, 0.15) is 49.5 Å². The average Bonchev–Trinajstić information content (AvgIpc) is 3.63. The van der Waals surface area contributed by atoms with Gasteiger partial charge in [-0.25, -0.2) is 4.68 Å². The Morgan fingerprint density at radius 1 is 1.08 bits per heavy atom. The van der Waals surface area contributed by atoms with Crippen LogP contribution in [0.5, 0.6) is 11.5 Å². The first-order chi connectivity index (χ1) is 19.1. The van der Waals surface area contributed by atoms with Crippen LogP contribution in [0.3, 0.4) is 0 Å². The van der Waals surface area contributed by atoms with Crippen molar-refractivity contribution in [3.8, 4) is 11.5 Å². The fraction of sp³-hybridized carbons (Fsp3) is 0.379. The van der Waals surface area contributed by atoms with Gasteiger partial charge in [0, 0.05) is 17.7 Å². The summed E-state index contributed by atoms with van der Waals surface area (Å²) in [5.74, 6) is 0.994. The fourth-order valence-electron chi connectivity index (χ4n) is 5.17. The van der Waals surface area contributed by atoms with Crippen molar-refractivity contribution in [2.24, 2.45) is 0 Å². The number of carbonyl (C=O) groups is 2. The number of fused-ring (bicyclic) bond motifs is 1. The Bertz CT molecular complexity index is 1410. The van der Waals surface area contributed by atoms with Crippen molar-refractivity contribution in [2.45, 2.75) is 57.3 Å². The molecule has 39 heavy (non-hydrogen) atoms. The first kappa shape index (κ1) is 26.3. The van der Waals surface area contributed by atoms with Gasteiger partial charge >= 0.3 is 0 Å². The van der Waals surface area contributed by atoms with E-state index in [1.165, 1.54) is 12.0 Å². The van der Waals surface area contributed by atoms with Gasteiger partial charge in [0.1, 0.15) is 35.4 Å². The summed E-state index contributed by atoms with van der Waals surface area (Å²) < 4.78 is 18.2. The van der Waals surface area contributed by atoms with Crippen LogP contribution >= 0.6 is 0 Å². The lowest BCUT2D eigenvalue weighted by Gasteiger charge is -2.33. The molecule has 0 unspecified atom stereocenters. The molecule has 2 aromatic heterocycles. The molecule has 1 atom stereocenters. The van der Waals surface area contributed by atoms with E-state index in [0.29, 0.717) is 28.3 Å². The zero-order chi connectivity index (χ0) is 27.2. The number of rotatable bonds is 10. The summed E-state index contributed by atoms with van der Waals surface area (Å²) in [6.45, 7) is -0.0245. The maximum absolute atomic E-state index is 14.1. The number of ether oxygens (including phenoxy) is 2. The minimum absolute atomic E-state index is 0.0535. The van der Waals surface area contributed by atoms with Gasteiger partial charge in [0.2, 0.25) is 11.8 Å². The lowest BCUT2D eigenvalue weighted by Crippen LogP contribution is -2.47. The Labute approximate surface area is 226 Å². The molecule has 5 rings (SSSR count). The van der Waals surface area contributed by atoms with Crippen molar-refractivity contribution in [3.63, 3.8) is 0 Å². The van der Waals surface area contributed by atoms with Gasteiger partial charge in [0.15, 0.2) is 0 Å². The minimum atomic E-state index is -0.986. The summed E-state index contributed by atoms with van der Waals surface area (Å²) in [7, 11) is 3.10. The molecule has 1 N–H and O–H groups in total. The smallest absolute Gasteiger partial charge is 0.247 e. The van der Waals surface area contributed by atoms with Gasteiger partial charge < -0.3 is 24.1 Å². The first-order valence-corrected chi connectivity index (χ1v) is 13.2. The maximum Gasteiger partial charge on any atom is 0.247 e. The van der Waals surface area contributed by atoms with E-state index in [2.05, 4.69) is 15.6 Å². The number of carbonyl (C=O) groups excluding carboxylic acids is 2. The van der Waals surface area contributed by atoms with Crippen LogP contribution < -0.4 is 14.8 Å². The molecule has 0 aliphatic heterocycles. The number of hydrogen-bond acceptors (Lipinski definition) is 7. The predicted octanol–water partition coefficient (Wildman–Crippen LogP) is 4.26. The number of nitrogens with one attached hydrogen (secondary N) is 1. The SMILES string of the molecule is COc1ccc([C@@H](C(=O)NC2CCCCC2)N(Cc2ccco2)C(=O)Cn2nnc3ccccc32)c(OC)c1. The van der Waals surface area contributed by atoms with Crippen molar-refractivity contribution in [1.29, 1.82) is 0 Å². The van der Waals surface area contributed by atoms with Gasteiger partial charge in [-0.3, -0.25) is 9.59 Å². The largest absolute Gasteiger partial charge is 0.497 e. The highest BCUT2D eigenvalue weighted by Crippen LogP contribution is 2.35. The topological polar surface area (TPSA) is 112 Å². The number of nitrogens with zero attached hydrogens (tertiary/aromatic N) is 4. The molecule has 2 aromatic carbocycles. The Balaban J connectivity index is 1.55. The zero-order valence-corrected chi connectivity index (χ0v) is 22.2. The van der Waals surface area contributed by atoms with E-state index in [-0.39, 0.29) is 30.9 Å². The van der Waals surface area contributed by atoms with E-state index in [9.17, 15) is 9.59 Å². The number of methoxy groups -OCH3 is 2. The Morgan fingerprint density at radius 3 is 2.64 bits per heavy atom. The molecule has 204 valence electrons. The van der Waals surface area contributed by atoms with Gasteiger partial charge in [-0.1, -0.05) is 36.6 Å². The summed E-state index contributed by atoms with van der Waals surface area (Å²) in [5, 5.41) is 11.6. The number of furan rings is 1. The van der Waals surface area contributed by atoms with Gasteiger partial charge in [-0.05, 0) is 49.2 Å². The summed E-state index contributed by atoms with van der Waals surface area (Å²) in [6, 6.07) is 15.3. The van der Waals surface area contributed by atoms with E-state index >= 15 is 0 Å². The molecule has 0 radical (unpaired) electrons. The van der Waals surface area contributed by atoms with Crippen molar-refractivity contribution >= 4 is 22.8 Å². The third-order valence-corrected chi connectivity index (χ3v) is 7.18. The Kier molecular flexibility index (Phi) is 8.10. The van der Waals surface area contributed by atoms with Crippen molar-refractivity contribution < 1.29 is 23.5 Å². The van der Waals surface area contributed by atoms with Crippen molar-refractivity contribution in [3.05, 3.63) is 72.2 Å². The monoisotopic (exact) mass is 531 g/mol. The molecule has 0 bridgehead atoms. The molecular formula is C29H33N5O5. The standard InChI is InChI=1S/C29H33N5O5/c1-37-21-14-15-23(26(17-21)38-2)28(29(36)30-20-9-4-3-5-10-20)33(18-22-11-8-16-39-22)27(35)19-34-25-13-7-6-12-24(25)31-32-34/h6-8,11-17,20,28H,3-5,9-10,18-19H2,1-2H3,(H,30,36)/t28-/m0/s1. The van der Waals surface area contributed by atoms with Gasteiger partial charge in [-0.15, -0.1) is 5.10 Å². The second-order valence-electron chi connectivity index (χ2n) is 9.69. The molecule has 4 aromatic rings. The van der Waals surface area contributed by atoms with Crippen molar-refractivity contribution in [1.82, 2.24) is 25.2 Å². The highest BCUT2D eigenvalue weighted by molar-refractivity contribution is 5.90. The summed E-state index contributed by atoms with van der Waals surface area (Å²) in [6.07, 6.45) is 6.67. The lowest BCUT2D eigenvalue weighted by molar-refractivity contribution is -0.143. The van der Waals surface area contributed by atoms with Gasteiger partial charge in [-0.2, -0.15) is 0 Å². The van der Waals surface area contributed by atoms with E-state index in [0.717, 1.165) is 37.6 Å². The van der Waals surface area contributed by atoms with Crippen LogP contribution in [0.2, 0.25) is 0 Å². The number of aromatic nitrogens is 3. The maximum atomic E-state index is 14.1. The average molecular weight is 532 g/mol. The molecule has 2 heterocycles. The predicted molar refractivity (Wildman–Crippen MR) is 144 cm³/mol. The number of benzene rings is 2. The van der Waals surface area contributed by atoms with Crippen LogP contribution in [-0.4, -0.2) is 52.0 Å². The van der Waals surface area contributed by atoms with Crippen LogP contribution in [0.4, 0.5) is 0 Å². The van der Waals surface area contributed by atoms with E-state index in [4.69, 9.17) is 13.9 Å². The molecule has 1 saturated carbocycles. The molecule has 0 spiro atoms. The van der Waals surface area contributed by atoms with Crippen molar-refractivity contribution in [2.75, 3.05) is 14.2 Å². The lowest BCUT2D eigenvalue weighted by atomic mass is 9.94. The Morgan fingerprint density at radius 2 is 1.90 bits per heavy atom. The van der Waals surface area contributed by atoms with Gasteiger partial charge in [0.25, 0.3) is 0 Å². The minimum Gasteiger partial charge on any atom is -0.497 e.